The fourth-order valence-corrected chi connectivity index (χ4v) is 4.93. The zero-order valence-electron chi connectivity index (χ0n) is 11.9. The number of sulfone groups is 1. The standard InChI is InChI=1S/C17H19NO2S/c1-2-12-8-10-13(11-9-12)15-16(18)17(15)21(19,20)14-6-4-3-5-7-14/h3-11,15-17H,2,18H2,1H3/t15-,16+,17-/m1/s1. The third kappa shape index (κ3) is 2.49. The summed E-state index contributed by atoms with van der Waals surface area (Å²) in [5, 5.41) is -0.507. The van der Waals surface area contributed by atoms with E-state index in [0.29, 0.717) is 4.90 Å². The van der Waals surface area contributed by atoms with Crippen molar-refractivity contribution in [2.45, 2.75) is 35.4 Å². The summed E-state index contributed by atoms with van der Waals surface area (Å²) in [6, 6.07) is 16.4. The molecule has 1 aliphatic rings. The van der Waals surface area contributed by atoms with Gasteiger partial charge >= 0.3 is 0 Å². The van der Waals surface area contributed by atoms with E-state index in [9.17, 15) is 8.42 Å². The van der Waals surface area contributed by atoms with Crippen molar-refractivity contribution in [2.75, 3.05) is 0 Å². The van der Waals surface area contributed by atoms with Gasteiger partial charge in [-0.2, -0.15) is 0 Å². The number of hydrogen-bond acceptors (Lipinski definition) is 3. The molecule has 1 aliphatic carbocycles. The average Bonchev–Trinajstić information content (AvgIpc) is 3.20. The Morgan fingerprint density at radius 1 is 1.00 bits per heavy atom. The number of hydrogen-bond donors (Lipinski definition) is 1. The van der Waals surface area contributed by atoms with Crippen molar-refractivity contribution >= 4 is 9.84 Å². The number of benzene rings is 2. The SMILES string of the molecule is CCc1ccc([C@@H]2[C@H](N)[C@@H]2S(=O)(=O)c2ccccc2)cc1. The highest BCUT2D eigenvalue weighted by atomic mass is 32.2. The molecule has 2 N–H and O–H groups in total. The second-order valence-electron chi connectivity index (χ2n) is 5.52. The molecule has 1 saturated carbocycles. The maximum absolute atomic E-state index is 12.6. The van der Waals surface area contributed by atoms with Crippen LogP contribution in [0.2, 0.25) is 0 Å². The Morgan fingerprint density at radius 2 is 1.62 bits per heavy atom. The highest BCUT2D eigenvalue weighted by Crippen LogP contribution is 2.46. The largest absolute Gasteiger partial charge is 0.326 e. The summed E-state index contributed by atoms with van der Waals surface area (Å²) >= 11 is 0. The highest BCUT2D eigenvalue weighted by molar-refractivity contribution is 7.92. The van der Waals surface area contributed by atoms with E-state index in [1.165, 1.54) is 5.56 Å². The molecule has 3 atom stereocenters. The van der Waals surface area contributed by atoms with Crippen molar-refractivity contribution in [3.8, 4) is 0 Å². The minimum atomic E-state index is -3.35. The predicted octanol–water partition coefficient (Wildman–Crippen LogP) is 2.52. The molecule has 110 valence electrons. The fraction of sp³-hybridized carbons (Fsp3) is 0.294. The van der Waals surface area contributed by atoms with Gasteiger partial charge in [-0.3, -0.25) is 0 Å². The van der Waals surface area contributed by atoms with Crippen molar-refractivity contribution in [1.82, 2.24) is 0 Å². The van der Waals surface area contributed by atoms with Gasteiger partial charge in [0.25, 0.3) is 0 Å². The van der Waals surface area contributed by atoms with Crippen molar-refractivity contribution in [3.05, 3.63) is 65.7 Å². The maximum Gasteiger partial charge on any atom is 0.183 e. The third-order valence-electron chi connectivity index (χ3n) is 4.21. The van der Waals surface area contributed by atoms with Crippen LogP contribution < -0.4 is 5.73 Å². The van der Waals surface area contributed by atoms with Crippen LogP contribution in [0.3, 0.4) is 0 Å². The van der Waals surface area contributed by atoms with Crippen molar-refractivity contribution in [1.29, 1.82) is 0 Å². The Labute approximate surface area is 125 Å². The van der Waals surface area contributed by atoms with E-state index in [-0.39, 0.29) is 12.0 Å². The van der Waals surface area contributed by atoms with Gasteiger partial charge in [-0.15, -0.1) is 0 Å². The Hall–Kier alpha value is -1.65. The van der Waals surface area contributed by atoms with Crippen LogP contribution in [0.15, 0.2) is 59.5 Å². The van der Waals surface area contributed by atoms with Crippen molar-refractivity contribution < 1.29 is 8.42 Å². The minimum Gasteiger partial charge on any atom is -0.326 e. The molecule has 0 unspecified atom stereocenters. The van der Waals surface area contributed by atoms with Crippen LogP contribution in [0.5, 0.6) is 0 Å². The summed E-state index contributed by atoms with van der Waals surface area (Å²) < 4.78 is 25.3. The predicted molar refractivity (Wildman–Crippen MR) is 84.0 cm³/mol. The van der Waals surface area contributed by atoms with Gasteiger partial charge in [-0.05, 0) is 29.7 Å². The molecule has 0 saturated heterocycles. The lowest BCUT2D eigenvalue weighted by Crippen LogP contribution is -2.15. The molecule has 0 spiro atoms. The van der Waals surface area contributed by atoms with E-state index in [1.54, 1.807) is 24.3 Å². The van der Waals surface area contributed by atoms with Gasteiger partial charge in [0.1, 0.15) is 0 Å². The van der Waals surface area contributed by atoms with Gasteiger partial charge < -0.3 is 5.73 Å². The summed E-state index contributed by atoms with van der Waals surface area (Å²) in [7, 11) is -3.35. The second-order valence-corrected chi connectivity index (χ2v) is 7.63. The molecule has 0 radical (unpaired) electrons. The molecule has 2 aromatic carbocycles. The lowest BCUT2D eigenvalue weighted by atomic mass is 10.1. The number of nitrogens with two attached hydrogens (primary N) is 1. The quantitative estimate of drug-likeness (QED) is 0.944. The van der Waals surface area contributed by atoms with Crippen LogP contribution in [-0.2, 0) is 16.3 Å². The zero-order valence-corrected chi connectivity index (χ0v) is 12.8. The van der Waals surface area contributed by atoms with Gasteiger partial charge in [0.15, 0.2) is 9.84 Å². The molecule has 21 heavy (non-hydrogen) atoms. The van der Waals surface area contributed by atoms with Gasteiger partial charge in [-0.25, -0.2) is 8.42 Å². The van der Waals surface area contributed by atoms with E-state index < -0.39 is 15.1 Å². The van der Waals surface area contributed by atoms with Crippen LogP contribution >= 0.6 is 0 Å². The molecule has 3 nitrogen and oxygen atoms in total. The lowest BCUT2D eigenvalue weighted by molar-refractivity contribution is 0.593. The van der Waals surface area contributed by atoms with Crippen LogP contribution in [0.25, 0.3) is 0 Å². The maximum atomic E-state index is 12.6. The Morgan fingerprint density at radius 3 is 2.19 bits per heavy atom. The Balaban J connectivity index is 1.88. The number of aryl methyl sites for hydroxylation is 1. The monoisotopic (exact) mass is 301 g/mol. The smallest absolute Gasteiger partial charge is 0.183 e. The first-order chi connectivity index (χ1) is 10.1. The summed E-state index contributed by atoms with van der Waals surface area (Å²) in [5.41, 5.74) is 8.32. The van der Waals surface area contributed by atoms with Crippen LogP contribution in [0.4, 0.5) is 0 Å². The Bertz CT molecular complexity index is 723. The van der Waals surface area contributed by atoms with Gasteiger partial charge in [0.2, 0.25) is 0 Å². The molecule has 0 bridgehead atoms. The van der Waals surface area contributed by atoms with E-state index in [0.717, 1.165) is 12.0 Å². The molecule has 0 aromatic heterocycles. The minimum absolute atomic E-state index is 0.0962. The fourth-order valence-electron chi connectivity index (χ4n) is 2.86. The molecule has 1 fully saturated rings. The van der Waals surface area contributed by atoms with Crippen molar-refractivity contribution in [3.63, 3.8) is 0 Å². The molecule has 0 amide bonds. The van der Waals surface area contributed by atoms with E-state index in [4.69, 9.17) is 5.73 Å². The lowest BCUT2D eigenvalue weighted by Gasteiger charge is -2.04. The summed E-state index contributed by atoms with van der Waals surface area (Å²) in [6.07, 6.45) is 0.975. The normalized spacial score (nSPS) is 24.8. The second kappa shape index (κ2) is 5.28. The molecule has 2 aromatic rings. The van der Waals surface area contributed by atoms with Crippen LogP contribution in [0, 0.1) is 0 Å². The first-order valence-corrected chi connectivity index (χ1v) is 8.73. The Kier molecular flexibility index (Phi) is 3.59. The van der Waals surface area contributed by atoms with Gasteiger partial charge in [0.05, 0.1) is 10.1 Å². The first-order valence-electron chi connectivity index (χ1n) is 7.19. The first kappa shape index (κ1) is 14.3. The number of rotatable bonds is 4. The topological polar surface area (TPSA) is 60.2 Å². The van der Waals surface area contributed by atoms with Gasteiger partial charge in [-0.1, -0.05) is 49.4 Å². The van der Waals surface area contributed by atoms with E-state index >= 15 is 0 Å². The van der Waals surface area contributed by atoms with E-state index in [2.05, 4.69) is 6.92 Å². The molecular formula is C17H19NO2S. The van der Waals surface area contributed by atoms with Gasteiger partial charge in [0, 0.05) is 12.0 Å². The van der Waals surface area contributed by atoms with Crippen LogP contribution in [0.1, 0.15) is 24.0 Å². The molecule has 3 rings (SSSR count). The molecular weight excluding hydrogens is 282 g/mol. The van der Waals surface area contributed by atoms with Crippen molar-refractivity contribution in [2.24, 2.45) is 5.73 Å². The summed E-state index contributed by atoms with van der Waals surface area (Å²) in [4.78, 5) is 0.359. The average molecular weight is 301 g/mol. The molecule has 4 heteroatoms. The third-order valence-corrected chi connectivity index (χ3v) is 6.46. The highest BCUT2D eigenvalue weighted by Gasteiger charge is 2.56. The molecule has 0 aliphatic heterocycles. The molecule has 0 heterocycles. The zero-order chi connectivity index (χ0) is 15.0. The van der Waals surface area contributed by atoms with Crippen LogP contribution in [-0.4, -0.2) is 19.7 Å². The van der Waals surface area contributed by atoms with E-state index in [1.807, 2.05) is 30.3 Å². The summed E-state index contributed by atoms with van der Waals surface area (Å²) in [5.74, 6) is -0.0962. The summed E-state index contributed by atoms with van der Waals surface area (Å²) in [6.45, 7) is 2.10.